The first kappa shape index (κ1) is 23.2. The number of carbonyl (C=O) groups excluding carboxylic acids is 3. The highest BCUT2D eigenvalue weighted by atomic mass is 32.2. The van der Waals surface area contributed by atoms with Crippen molar-refractivity contribution >= 4 is 41.0 Å². The van der Waals surface area contributed by atoms with Gasteiger partial charge in [0.25, 0.3) is 0 Å². The Morgan fingerprint density at radius 2 is 1.76 bits per heavy atom. The van der Waals surface area contributed by atoms with Gasteiger partial charge in [-0.1, -0.05) is 24.3 Å². The van der Waals surface area contributed by atoms with Crippen molar-refractivity contribution in [3.05, 3.63) is 59.7 Å². The molecule has 0 radical (unpaired) electrons. The molecule has 4 amide bonds. The van der Waals surface area contributed by atoms with Crippen molar-refractivity contribution in [2.45, 2.75) is 32.7 Å². The molecule has 2 unspecified atom stereocenters. The molecule has 33 heavy (non-hydrogen) atoms. The molecular formula is C25H30N4O3S. The lowest BCUT2D eigenvalue weighted by molar-refractivity contribution is -0.140. The Hall–Kier alpha value is -3.00. The number of aryl methyl sites for hydroxylation is 2. The van der Waals surface area contributed by atoms with Gasteiger partial charge in [-0.3, -0.25) is 9.59 Å². The molecule has 2 aliphatic rings. The molecule has 0 bridgehead atoms. The number of carbonyl (C=O) groups is 3. The van der Waals surface area contributed by atoms with E-state index in [9.17, 15) is 14.4 Å². The number of nitrogens with zero attached hydrogens (tertiary/aromatic N) is 2. The van der Waals surface area contributed by atoms with Gasteiger partial charge in [-0.25, -0.2) is 4.79 Å². The minimum atomic E-state index is -0.502. The Balaban J connectivity index is 1.38. The van der Waals surface area contributed by atoms with Crippen LogP contribution in [0.3, 0.4) is 0 Å². The summed E-state index contributed by atoms with van der Waals surface area (Å²) in [7, 11) is 0. The minimum Gasteiger partial charge on any atom is -0.324 e. The molecule has 0 spiro atoms. The molecule has 7 nitrogen and oxygen atoms in total. The molecule has 2 N–H and O–H groups in total. The number of anilines is 2. The van der Waals surface area contributed by atoms with E-state index in [0.717, 1.165) is 29.8 Å². The lowest BCUT2D eigenvalue weighted by atomic mass is 9.96. The van der Waals surface area contributed by atoms with Crippen LogP contribution in [0.2, 0.25) is 0 Å². The molecule has 8 heteroatoms. The lowest BCUT2D eigenvalue weighted by Crippen LogP contribution is -2.51. The lowest BCUT2D eigenvalue weighted by Gasteiger charge is -2.35. The van der Waals surface area contributed by atoms with Crippen LogP contribution < -0.4 is 10.6 Å². The average molecular weight is 467 g/mol. The van der Waals surface area contributed by atoms with Crippen LogP contribution in [0.15, 0.2) is 48.5 Å². The second kappa shape index (κ2) is 10.3. The van der Waals surface area contributed by atoms with Crippen LogP contribution in [0.25, 0.3) is 0 Å². The maximum absolute atomic E-state index is 13.4. The van der Waals surface area contributed by atoms with Crippen molar-refractivity contribution in [3.8, 4) is 0 Å². The van der Waals surface area contributed by atoms with Gasteiger partial charge < -0.3 is 20.4 Å². The quantitative estimate of drug-likeness (QED) is 0.711. The predicted octanol–water partition coefficient (Wildman–Crippen LogP) is 4.09. The molecule has 2 atom stereocenters. The number of piperidine rings is 1. The fraction of sp³-hybridized carbons (Fsp3) is 0.400. The number of para-hydroxylation sites is 1. The molecule has 174 valence electrons. The summed E-state index contributed by atoms with van der Waals surface area (Å²) in [6, 6.07) is 14.4. The molecule has 2 aromatic carbocycles. The molecule has 2 aromatic rings. The topological polar surface area (TPSA) is 81.8 Å². The highest BCUT2D eigenvalue weighted by molar-refractivity contribution is 7.99. The Morgan fingerprint density at radius 3 is 2.52 bits per heavy atom. The monoisotopic (exact) mass is 466 g/mol. The molecule has 0 aliphatic carbocycles. The zero-order valence-corrected chi connectivity index (χ0v) is 19.9. The summed E-state index contributed by atoms with van der Waals surface area (Å²) >= 11 is 1.59. The number of likely N-dealkylation sites (tertiary alicyclic amines) is 1. The van der Waals surface area contributed by atoms with Crippen molar-refractivity contribution < 1.29 is 14.4 Å². The van der Waals surface area contributed by atoms with Gasteiger partial charge in [-0.15, -0.1) is 11.8 Å². The molecule has 0 saturated carbocycles. The second-order valence-corrected chi connectivity index (χ2v) is 9.69. The van der Waals surface area contributed by atoms with Crippen molar-refractivity contribution in [2.24, 2.45) is 5.92 Å². The van der Waals surface area contributed by atoms with E-state index in [1.165, 1.54) is 5.56 Å². The van der Waals surface area contributed by atoms with Crippen LogP contribution in [0.5, 0.6) is 0 Å². The Bertz CT molecular complexity index is 1030. The summed E-state index contributed by atoms with van der Waals surface area (Å²) in [4.78, 5) is 42.5. The number of amides is 4. The van der Waals surface area contributed by atoms with E-state index >= 15 is 0 Å². The maximum atomic E-state index is 13.4. The third-order valence-corrected chi connectivity index (χ3v) is 7.34. The first-order valence-corrected chi connectivity index (χ1v) is 12.4. The normalized spacial score (nSPS) is 20.4. The number of benzene rings is 2. The van der Waals surface area contributed by atoms with Gasteiger partial charge in [0.1, 0.15) is 6.04 Å². The maximum Gasteiger partial charge on any atom is 0.321 e. The van der Waals surface area contributed by atoms with Gasteiger partial charge in [-0.05, 0) is 62.1 Å². The number of nitrogens with one attached hydrogen (secondary N) is 2. The third-order valence-electron chi connectivity index (χ3n) is 6.33. The Labute approximate surface area is 198 Å². The number of rotatable bonds is 4. The van der Waals surface area contributed by atoms with Crippen molar-refractivity contribution in [3.63, 3.8) is 0 Å². The Morgan fingerprint density at radius 1 is 0.970 bits per heavy atom. The highest BCUT2D eigenvalue weighted by Crippen LogP contribution is 2.28. The van der Waals surface area contributed by atoms with Crippen molar-refractivity contribution in [2.75, 3.05) is 35.4 Å². The molecule has 2 heterocycles. The van der Waals surface area contributed by atoms with Gasteiger partial charge in [0, 0.05) is 30.2 Å². The van der Waals surface area contributed by atoms with E-state index in [2.05, 4.69) is 10.6 Å². The first-order chi connectivity index (χ1) is 15.9. The highest BCUT2D eigenvalue weighted by Gasteiger charge is 2.39. The van der Waals surface area contributed by atoms with Crippen LogP contribution >= 0.6 is 11.8 Å². The molecule has 4 rings (SSSR count). The van der Waals surface area contributed by atoms with Crippen LogP contribution in [0.1, 0.15) is 24.0 Å². The van der Waals surface area contributed by atoms with Crippen molar-refractivity contribution in [1.82, 2.24) is 9.80 Å². The molecule has 2 saturated heterocycles. The van der Waals surface area contributed by atoms with Crippen LogP contribution in [-0.4, -0.2) is 58.4 Å². The van der Waals surface area contributed by atoms with Gasteiger partial charge in [0.2, 0.25) is 11.8 Å². The number of hydrogen-bond acceptors (Lipinski definition) is 4. The summed E-state index contributed by atoms with van der Waals surface area (Å²) in [5.74, 6) is 0.573. The zero-order valence-electron chi connectivity index (χ0n) is 19.0. The molecule has 0 aromatic heterocycles. The van der Waals surface area contributed by atoms with Gasteiger partial charge in [0.15, 0.2) is 0 Å². The minimum absolute atomic E-state index is 0.0440. The number of urea groups is 1. The van der Waals surface area contributed by atoms with E-state index in [1.54, 1.807) is 21.6 Å². The van der Waals surface area contributed by atoms with E-state index in [4.69, 9.17) is 0 Å². The fourth-order valence-electron chi connectivity index (χ4n) is 4.24. The smallest absolute Gasteiger partial charge is 0.321 e. The summed E-state index contributed by atoms with van der Waals surface area (Å²) < 4.78 is 0. The molecular weight excluding hydrogens is 436 g/mol. The van der Waals surface area contributed by atoms with Crippen molar-refractivity contribution in [1.29, 1.82) is 0 Å². The summed E-state index contributed by atoms with van der Waals surface area (Å²) in [5, 5.41) is 5.87. The van der Waals surface area contributed by atoms with E-state index in [1.807, 2.05) is 62.4 Å². The predicted molar refractivity (Wildman–Crippen MR) is 132 cm³/mol. The summed E-state index contributed by atoms with van der Waals surface area (Å²) in [6.07, 6.45) is 1.49. The van der Waals surface area contributed by atoms with Gasteiger partial charge >= 0.3 is 6.03 Å². The zero-order chi connectivity index (χ0) is 23.4. The van der Waals surface area contributed by atoms with Gasteiger partial charge in [-0.2, -0.15) is 0 Å². The summed E-state index contributed by atoms with van der Waals surface area (Å²) in [6.45, 7) is 5.02. The number of thioether (sulfide) groups is 1. The van der Waals surface area contributed by atoms with E-state index in [0.29, 0.717) is 24.7 Å². The Kier molecular flexibility index (Phi) is 7.23. The molecule has 2 fully saturated rings. The summed E-state index contributed by atoms with van der Waals surface area (Å²) in [5.41, 5.74) is 3.75. The van der Waals surface area contributed by atoms with Gasteiger partial charge in [0.05, 0.1) is 11.8 Å². The largest absolute Gasteiger partial charge is 0.324 e. The standard InChI is InChI=1S/C25H30N4O3S/c1-17-10-11-21(13-18(17)2)26-23(30)22-15-33-16-29(22)24(31)19-7-6-12-28(14-19)25(32)27-20-8-4-3-5-9-20/h3-5,8-11,13,19,22H,6-7,12,14-16H2,1-2H3,(H,26,30)(H,27,32). The average Bonchev–Trinajstić information content (AvgIpc) is 3.32. The van der Waals surface area contributed by atoms with Crippen LogP contribution in [-0.2, 0) is 9.59 Å². The third kappa shape index (κ3) is 5.50. The van der Waals surface area contributed by atoms with E-state index in [-0.39, 0.29) is 23.8 Å². The van der Waals surface area contributed by atoms with E-state index < -0.39 is 6.04 Å². The first-order valence-electron chi connectivity index (χ1n) is 11.3. The number of hydrogen-bond donors (Lipinski definition) is 2. The second-order valence-electron chi connectivity index (χ2n) is 8.69. The fourth-order valence-corrected chi connectivity index (χ4v) is 5.41. The van der Waals surface area contributed by atoms with Crippen LogP contribution in [0, 0.1) is 19.8 Å². The molecule has 2 aliphatic heterocycles. The van der Waals surface area contributed by atoms with Crippen LogP contribution in [0.4, 0.5) is 16.2 Å². The SMILES string of the molecule is Cc1ccc(NC(=O)C2CSCN2C(=O)C2CCCN(C(=O)Nc3ccccc3)C2)cc1C.